The lowest BCUT2D eigenvalue weighted by atomic mass is 10.1. The van der Waals surface area contributed by atoms with Gasteiger partial charge in [-0.25, -0.2) is 13.2 Å². The first-order valence-corrected chi connectivity index (χ1v) is 14.5. The molecule has 0 spiro atoms. The summed E-state index contributed by atoms with van der Waals surface area (Å²) in [5, 5.41) is 3.22. The van der Waals surface area contributed by atoms with Crippen molar-refractivity contribution in [3.8, 4) is 0 Å². The number of anilines is 2. The number of amides is 1. The SMILES string of the molecule is Cc1cc(=O)oc2cc(NC(=O)c3cc(S(=O)(=O)N(Cc4ccccc4)c4cccc(C(F)(F)F)c4)ccc3Cl)ccc12. The van der Waals surface area contributed by atoms with Crippen molar-refractivity contribution in [2.75, 3.05) is 9.62 Å². The minimum Gasteiger partial charge on any atom is -0.423 e. The number of carbonyl (C=O) groups excluding carboxylic acids is 1. The van der Waals surface area contributed by atoms with Gasteiger partial charge in [-0.05, 0) is 66.6 Å². The molecule has 4 aromatic carbocycles. The normalized spacial score (nSPS) is 11.8. The first-order valence-electron chi connectivity index (χ1n) is 12.7. The third kappa shape index (κ3) is 6.42. The molecule has 0 saturated heterocycles. The Hall–Kier alpha value is -4.61. The van der Waals surface area contributed by atoms with Crippen LogP contribution in [0.1, 0.15) is 27.0 Å². The fourth-order valence-electron chi connectivity index (χ4n) is 4.47. The van der Waals surface area contributed by atoms with Gasteiger partial charge in [-0.1, -0.05) is 48.0 Å². The molecule has 0 atom stereocenters. The number of fused-ring (bicyclic) bond motifs is 1. The average Bonchev–Trinajstić information content (AvgIpc) is 2.95. The Morgan fingerprint density at radius 3 is 2.40 bits per heavy atom. The number of hydrogen-bond acceptors (Lipinski definition) is 5. The van der Waals surface area contributed by atoms with E-state index in [1.807, 2.05) is 0 Å². The van der Waals surface area contributed by atoms with Gasteiger partial charge in [-0.2, -0.15) is 13.2 Å². The van der Waals surface area contributed by atoms with E-state index >= 15 is 0 Å². The molecule has 0 aliphatic rings. The van der Waals surface area contributed by atoms with E-state index in [0.717, 1.165) is 28.6 Å². The highest BCUT2D eigenvalue weighted by Gasteiger charge is 2.33. The maximum Gasteiger partial charge on any atom is 0.416 e. The molecule has 0 radical (unpaired) electrons. The van der Waals surface area contributed by atoms with E-state index in [0.29, 0.717) is 16.5 Å². The van der Waals surface area contributed by atoms with Crippen molar-refractivity contribution in [2.45, 2.75) is 24.5 Å². The van der Waals surface area contributed by atoms with Gasteiger partial charge >= 0.3 is 11.8 Å². The molecule has 1 amide bonds. The zero-order chi connectivity index (χ0) is 30.9. The molecular weight excluding hydrogens is 605 g/mol. The first kappa shape index (κ1) is 29.9. The molecule has 0 aliphatic heterocycles. The van der Waals surface area contributed by atoms with Gasteiger partial charge in [0.2, 0.25) is 0 Å². The lowest BCUT2D eigenvalue weighted by Gasteiger charge is -2.26. The number of benzene rings is 4. The summed E-state index contributed by atoms with van der Waals surface area (Å²) in [6.45, 7) is 1.46. The Balaban J connectivity index is 1.53. The van der Waals surface area contributed by atoms with Crippen LogP contribution in [0.3, 0.4) is 0 Å². The van der Waals surface area contributed by atoms with E-state index in [-0.39, 0.29) is 39.0 Å². The number of sulfonamides is 1. The topological polar surface area (TPSA) is 96.7 Å². The fourth-order valence-corrected chi connectivity index (χ4v) is 6.14. The smallest absolute Gasteiger partial charge is 0.416 e. The van der Waals surface area contributed by atoms with Crippen LogP contribution in [0.2, 0.25) is 5.02 Å². The molecule has 1 aromatic heterocycles. The molecule has 43 heavy (non-hydrogen) atoms. The highest BCUT2D eigenvalue weighted by atomic mass is 35.5. The number of alkyl halides is 3. The Morgan fingerprint density at radius 2 is 1.67 bits per heavy atom. The van der Waals surface area contributed by atoms with E-state index in [2.05, 4.69) is 5.32 Å². The van der Waals surface area contributed by atoms with E-state index in [1.54, 1.807) is 49.4 Å². The minimum absolute atomic E-state index is 0.0618. The third-order valence-corrected chi connectivity index (χ3v) is 8.71. The minimum atomic E-state index is -4.70. The van der Waals surface area contributed by atoms with Crippen LogP contribution in [0.25, 0.3) is 11.0 Å². The van der Waals surface area contributed by atoms with Crippen LogP contribution < -0.4 is 15.2 Å². The zero-order valence-corrected chi connectivity index (χ0v) is 23.9. The Kier molecular flexibility index (Phi) is 8.04. The molecule has 0 aliphatic carbocycles. The molecule has 0 unspecified atom stereocenters. The van der Waals surface area contributed by atoms with Crippen molar-refractivity contribution in [1.82, 2.24) is 0 Å². The fraction of sp³-hybridized carbons (Fsp3) is 0.0968. The summed E-state index contributed by atoms with van der Waals surface area (Å²) in [7, 11) is -4.52. The van der Waals surface area contributed by atoms with Crippen molar-refractivity contribution in [1.29, 1.82) is 0 Å². The molecule has 1 heterocycles. The van der Waals surface area contributed by atoms with E-state index in [9.17, 15) is 31.2 Å². The van der Waals surface area contributed by atoms with Gasteiger partial charge < -0.3 is 9.73 Å². The standard InChI is InChI=1S/C31H22ClF3N2O5S/c1-19-14-29(38)42-28-16-22(10-12-25(19)28)36-30(39)26-17-24(11-13-27(26)32)43(40,41)37(18-20-6-3-2-4-7-20)23-9-5-8-21(15-23)31(33,34)35/h2-17H,18H2,1H3,(H,36,39). The molecule has 220 valence electrons. The first-order chi connectivity index (χ1) is 20.3. The molecule has 7 nitrogen and oxygen atoms in total. The summed E-state index contributed by atoms with van der Waals surface area (Å²) in [4.78, 5) is 24.7. The van der Waals surface area contributed by atoms with Gasteiger partial charge in [0, 0.05) is 23.2 Å². The molecule has 0 saturated carbocycles. The summed E-state index contributed by atoms with van der Waals surface area (Å²) in [6, 6.07) is 21.8. The molecule has 1 N–H and O–H groups in total. The maximum absolute atomic E-state index is 14.0. The third-order valence-electron chi connectivity index (χ3n) is 6.61. The second-order valence-corrected chi connectivity index (χ2v) is 11.9. The number of halogens is 4. The van der Waals surface area contributed by atoms with Gasteiger partial charge in [0.25, 0.3) is 15.9 Å². The number of rotatable bonds is 7. The predicted molar refractivity (Wildman–Crippen MR) is 158 cm³/mol. The van der Waals surface area contributed by atoms with Crippen molar-refractivity contribution in [2.24, 2.45) is 0 Å². The van der Waals surface area contributed by atoms with E-state index in [4.69, 9.17) is 16.0 Å². The van der Waals surface area contributed by atoms with Crippen LogP contribution in [0.15, 0.2) is 111 Å². The predicted octanol–water partition coefficient (Wildman–Crippen LogP) is 7.42. The summed E-state index contributed by atoms with van der Waals surface area (Å²) in [5.74, 6) is -0.759. The van der Waals surface area contributed by atoms with Crippen LogP contribution >= 0.6 is 11.6 Å². The van der Waals surface area contributed by atoms with Gasteiger partial charge in [0.1, 0.15) is 5.58 Å². The number of nitrogens with zero attached hydrogens (tertiary/aromatic N) is 1. The number of carbonyl (C=O) groups is 1. The second kappa shape index (κ2) is 11.6. The summed E-state index contributed by atoms with van der Waals surface area (Å²) in [5.41, 5.74) is -0.288. The van der Waals surface area contributed by atoms with Gasteiger partial charge in [0.15, 0.2) is 0 Å². The molecular formula is C31H22ClF3N2O5S. The average molecular weight is 627 g/mol. The van der Waals surface area contributed by atoms with Crippen LogP contribution in [0.5, 0.6) is 0 Å². The Bertz CT molecular complexity index is 2010. The molecule has 5 rings (SSSR count). The van der Waals surface area contributed by atoms with E-state index < -0.39 is 33.3 Å². The van der Waals surface area contributed by atoms with Crippen LogP contribution in [-0.2, 0) is 22.7 Å². The molecule has 12 heteroatoms. The number of nitrogens with one attached hydrogen (secondary N) is 1. The van der Waals surface area contributed by atoms with Gasteiger partial charge in [-0.15, -0.1) is 0 Å². The van der Waals surface area contributed by atoms with E-state index in [1.165, 1.54) is 30.3 Å². The highest BCUT2D eigenvalue weighted by molar-refractivity contribution is 7.92. The van der Waals surface area contributed by atoms with Crippen molar-refractivity contribution in [3.63, 3.8) is 0 Å². The summed E-state index contributed by atoms with van der Waals surface area (Å²) in [6.07, 6.45) is -4.70. The van der Waals surface area contributed by atoms with Gasteiger partial charge in [-0.3, -0.25) is 9.10 Å². The summed E-state index contributed by atoms with van der Waals surface area (Å²) < 4.78 is 74.6. The monoisotopic (exact) mass is 626 g/mol. The number of hydrogen-bond donors (Lipinski definition) is 1. The lowest BCUT2D eigenvalue weighted by Crippen LogP contribution is -2.31. The van der Waals surface area contributed by atoms with Crippen molar-refractivity contribution >= 4 is 49.9 Å². The molecule has 0 fully saturated rings. The largest absolute Gasteiger partial charge is 0.423 e. The molecule has 5 aromatic rings. The van der Waals surface area contributed by atoms with Crippen LogP contribution in [-0.4, -0.2) is 14.3 Å². The van der Waals surface area contributed by atoms with Crippen molar-refractivity contribution in [3.05, 3.63) is 135 Å². The molecule has 0 bridgehead atoms. The number of aryl methyl sites for hydroxylation is 1. The highest BCUT2D eigenvalue weighted by Crippen LogP contribution is 2.34. The Labute approximate surface area is 249 Å². The summed E-state index contributed by atoms with van der Waals surface area (Å²) >= 11 is 6.29. The quantitative estimate of drug-likeness (QED) is 0.190. The van der Waals surface area contributed by atoms with Crippen LogP contribution in [0, 0.1) is 6.92 Å². The van der Waals surface area contributed by atoms with Gasteiger partial charge in [0.05, 0.1) is 33.3 Å². The Morgan fingerprint density at radius 1 is 0.930 bits per heavy atom. The zero-order valence-electron chi connectivity index (χ0n) is 22.4. The maximum atomic E-state index is 14.0. The lowest BCUT2D eigenvalue weighted by molar-refractivity contribution is -0.137. The van der Waals surface area contributed by atoms with Crippen LogP contribution in [0.4, 0.5) is 24.5 Å². The van der Waals surface area contributed by atoms with Crippen molar-refractivity contribution < 1.29 is 30.8 Å². The second-order valence-electron chi connectivity index (χ2n) is 9.60.